The minimum Gasteiger partial charge on any atom is -0.484 e. The number of hydrogen-bond donors (Lipinski definition) is 3. The summed E-state index contributed by atoms with van der Waals surface area (Å²) in [6.45, 7) is 0.393. The summed E-state index contributed by atoms with van der Waals surface area (Å²) in [5.74, 6) is 0.312. The van der Waals surface area contributed by atoms with Crippen molar-refractivity contribution in [1.82, 2.24) is 0 Å². The molecule has 2 atom stereocenters. The third kappa shape index (κ3) is 4.89. The smallest absolute Gasteiger partial charge is 0.255 e. The maximum Gasteiger partial charge on any atom is 0.255 e. The molecule has 1 aromatic carbocycles. The standard InChI is InChI=1S/C15H21N3O3.ClH/c16-8-10-2-1-3-13(10)15(20)18-11-4-6-12(7-5-11)21-9-14(17)19;/h4-7,10,13H,1-3,8-9,16H2,(H2,17,19)(H,18,20);1H/t10-,13-;/m1./s1. The topological polar surface area (TPSA) is 107 Å². The van der Waals surface area contributed by atoms with Gasteiger partial charge in [-0.2, -0.15) is 0 Å². The molecule has 0 heterocycles. The number of halogens is 1. The van der Waals surface area contributed by atoms with Crippen LogP contribution in [0.4, 0.5) is 5.69 Å². The second kappa shape index (κ2) is 8.60. The van der Waals surface area contributed by atoms with Gasteiger partial charge in [-0.1, -0.05) is 6.42 Å². The van der Waals surface area contributed by atoms with Gasteiger partial charge in [0, 0.05) is 11.6 Å². The van der Waals surface area contributed by atoms with E-state index in [2.05, 4.69) is 5.32 Å². The Morgan fingerprint density at radius 2 is 1.91 bits per heavy atom. The third-order valence-electron chi connectivity index (χ3n) is 3.80. The molecule has 1 saturated carbocycles. The lowest BCUT2D eigenvalue weighted by Gasteiger charge is -2.17. The summed E-state index contributed by atoms with van der Waals surface area (Å²) >= 11 is 0. The number of nitrogens with two attached hydrogens (primary N) is 2. The first-order valence-corrected chi connectivity index (χ1v) is 7.12. The number of rotatable bonds is 6. The molecule has 5 N–H and O–H groups in total. The summed E-state index contributed by atoms with van der Waals surface area (Å²) < 4.78 is 5.16. The van der Waals surface area contributed by atoms with Gasteiger partial charge in [-0.05, 0) is 49.6 Å². The lowest BCUT2D eigenvalue weighted by atomic mass is 9.95. The fourth-order valence-corrected chi connectivity index (χ4v) is 2.69. The van der Waals surface area contributed by atoms with E-state index in [0.717, 1.165) is 19.3 Å². The molecule has 6 nitrogen and oxygen atoms in total. The van der Waals surface area contributed by atoms with Crippen LogP contribution in [0, 0.1) is 11.8 Å². The molecular weight excluding hydrogens is 306 g/mol. The number of amides is 2. The summed E-state index contributed by atoms with van der Waals surface area (Å²) in [4.78, 5) is 22.8. The van der Waals surface area contributed by atoms with Crippen LogP contribution in [0.5, 0.6) is 5.75 Å². The highest BCUT2D eigenvalue weighted by Gasteiger charge is 2.31. The van der Waals surface area contributed by atoms with E-state index in [1.54, 1.807) is 24.3 Å². The van der Waals surface area contributed by atoms with Crippen LogP contribution in [-0.2, 0) is 9.59 Å². The highest BCUT2D eigenvalue weighted by atomic mass is 35.5. The summed E-state index contributed by atoms with van der Waals surface area (Å²) in [6.07, 6.45) is 2.97. The number of carbonyl (C=O) groups excluding carboxylic acids is 2. The van der Waals surface area contributed by atoms with Gasteiger partial charge in [0.25, 0.3) is 5.91 Å². The molecule has 0 aromatic heterocycles. The zero-order chi connectivity index (χ0) is 15.2. The molecular formula is C15H22ClN3O3. The number of carbonyl (C=O) groups is 2. The summed E-state index contributed by atoms with van der Waals surface area (Å²) in [5, 5.41) is 2.90. The zero-order valence-corrected chi connectivity index (χ0v) is 13.1. The average Bonchev–Trinajstić information content (AvgIpc) is 2.95. The number of hydrogen-bond acceptors (Lipinski definition) is 4. The van der Waals surface area contributed by atoms with E-state index in [4.69, 9.17) is 16.2 Å². The molecule has 22 heavy (non-hydrogen) atoms. The first-order valence-electron chi connectivity index (χ1n) is 7.12. The zero-order valence-electron chi connectivity index (χ0n) is 12.3. The molecule has 0 bridgehead atoms. The highest BCUT2D eigenvalue weighted by molar-refractivity contribution is 5.93. The normalized spacial score (nSPS) is 20.0. The average molecular weight is 328 g/mol. The molecule has 0 spiro atoms. The van der Waals surface area contributed by atoms with Crippen molar-refractivity contribution in [3.63, 3.8) is 0 Å². The van der Waals surface area contributed by atoms with E-state index in [0.29, 0.717) is 18.0 Å². The van der Waals surface area contributed by atoms with E-state index in [-0.39, 0.29) is 36.8 Å². The monoisotopic (exact) mass is 327 g/mol. The van der Waals surface area contributed by atoms with Crippen molar-refractivity contribution in [1.29, 1.82) is 0 Å². The van der Waals surface area contributed by atoms with Gasteiger partial charge in [-0.3, -0.25) is 9.59 Å². The molecule has 0 saturated heterocycles. The number of benzene rings is 1. The largest absolute Gasteiger partial charge is 0.484 e. The maximum absolute atomic E-state index is 12.2. The predicted molar refractivity (Wildman–Crippen MR) is 86.9 cm³/mol. The Bertz CT molecular complexity index is 507. The molecule has 0 aliphatic heterocycles. The van der Waals surface area contributed by atoms with Crippen LogP contribution in [0.15, 0.2) is 24.3 Å². The maximum atomic E-state index is 12.2. The molecule has 2 rings (SSSR count). The van der Waals surface area contributed by atoms with Crippen LogP contribution in [-0.4, -0.2) is 25.0 Å². The van der Waals surface area contributed by atoms with Gasteiger partial charge in [-0.15, -0.1) is 12.4 Å². The molecule has 1 aromatic rings. The number of primary amides is 1. The summed E-state index contributed by atoms with van der Waals surface area (Å²) in [7, 11) is 0. The fraction of sp³-hybridized carbons (Fsp3) is 0.467. The molecule has 1 aliphatic rings. The van der Waals surface area contributed by atoms with Crippen LogP contribution >= 0.6 is 12.4 Å². The first-order chi connectivity index (χ1) is 10.1. The SMILES string of the molecule is Cl.NC[C@H]1CCC[C@H]1C(=O)Nc1ccc(OCC(N)=O)cc1. The predicted octanol–water partition coefficient (Wildman–Crippen LogP) is 1.29. The van der Waals surface area contributed by atoms with Crippen molar-refractivity contribution in [2.24, 2.45) is 23.3 Å². The van der Waals surface area contributed by atoms with Crippen molar-refractivity contribution in [3.8, 4) is 5.75 Å². The Labute approximate surface area is 136 Å². The number of nitrogens with one attached hydrogen (secondary N) is 1. The summed E-state index contributed by atoms with van der Waals surface area (Å²) in [5.41, 5.74) is 11.4. The Morgan fingerprint density at radius 1 is 1.23 bits per heavy atom. The minimum absolute atomic E-state index is 0. The fourth-order valence-electron chi connectivity index (χ4n) is 2.69. The Balaban J connectivity index is 0.00000242. The number of ether oxygens (including phenoxy) is 1. The first kappa shape index (κ1) is 18.3. The van der Waals surface area contributed by atoms with Crippen LogP contribution in [0.25, 0.3) is 0 Å². The highest BCUT2D eigenvalue weighted by Crippen LogP contribution is 2.32. The molecule has 0 radical (unpaired) electrons. The quantitative estimate of drug-likeness (QED) is 0.731. The van der Waals surface area contributed by atoms with Crippen molar-refractivity contribution >= 4 is 29.9 Å². The van der Waals surface area contributed by atoms with Gasteiger partial charge in [-0.25, -0.2) is 0 Å². The van der Waals surface area contributed by atoms with Crippen molar-refractivity contribution in [2.75, 3.05) is 18.5 Å². The lowest BCUT2D eigenvalue weighted by Crippen LogP contribution is -2.29. The van der Waals surface area contributed by atoms with E-state index < -0.39 is 5.91 Å². The molecule has 1 fully saturated rings. The third-order valence-corrected chi connectivity index (χ3v) is 3.80. The second-order valence-corrected chi connectivity index (χ2v) is 5.30. The van der Waals surface area contributed by atoms with Gasteiger partial charge < -0.3 is 21.5 Å². The Hall–Kier alpha value is -1.79. The Kier molecular flexibility index (Phi) is 7.14. The molecule has 0 unspecified atom stereocenters. The van der Waals surface area contributed by atoms with E-state index in [9.17, 15) is 9.59 Å². The number of anilines is 1. The van der Waals surface area contributed by atoms with Crippen LogP contribution in [0.3, 0.4) is 0 Å². The second-order valence-electron chi connectivity index (χ2n) is 5.30. The van der Waals surface area contributed by atoms with Gasteiger partial charge in [0.2, 0.25) is 5.91 Å². The van der Waals surface area contributed by atoms with Gasteiger partial charge in [0.1, 0.15) is 5.75 Å². The van der Waals surface area contributed by atoms with E-state index >= 15 is 0 Å². The van der Waals surface area contributed by atoms with Crippen molar-refractivity contribution in [2.45, 2.75) is 19.3 Å². The molecule has 1 aliphatic carbocycles. The lowest BCUT2D eigenvalue weighted by molar-refractivity contribution is -0.121. The summed E-state index contributed by atoms with van der Waals surface area (Å²) in [6, 6.07) is 6.85. The molecule has 122 valence electrons. The van der Waals surface area contributed by atoms with Gasteiger partial charge in [0.05, 0.1) is 0 Å². The van der Waals surface area contributed by atoms with Crippen LogP contribution in [0.2, 0.25) is 0 Å². The van der Waals surface area contributed by atoms with E-state index in [1.807, 2.05) is 0 Å². The molecule has 2 amide bonds. The van der Waals surface area contributed by atoms with Crippen LogP contribution in [0.1, 0.15) is 19.3 Å². The Morgan fingerprint density at radius 3 is 2.50 bits per heavy atom. The van der Waals surface area contributed by atoms with Crippen LogP contribution < -0.4 is 21.5 Å². The van der Waals surface area contributed by atoms with Gasteiger partial charge >= 0.3 is 0 Å². The van der Waals surface area contributed by atoms with Crippen molar-refractivity contribution in [3.05, 3.63) is 24.3 Å². The van der Waals surface area contributed by atoms with Gasteiger partial charge in [0.15, 0.2) is 6.61 Å². The van der Waals surface area contributed by atoms with E-state index in [1.165, 1.54) is 0 Å². The van der Waals surface area contributed by atoms with Crippen molar-refractivity contribution < 1.29 is 14.3 Å². The molecule has 7 heteroatoms. The minimum atomic E-state index is -0.526.